The number of aliphatic hydroxyl groups is 1. The standard InChI is InChI=1S/C10H18N2O6S/c1-10(16,9(14)15)6-11-8(13)7-4-3-5-12(7)19(2,17)18/h7,16H,3-6H2,1-2H3,(H,11,13)(H,14,15). The molecular formula is C10H18N2O6S. The van der Waals surface area contributed by atoms with Gasteiger partial charge < -0.3 is 15.5 Å². The van der Waals surface area contributed by atoms with E-state index in [2.05, 4.69) is 5.32 Å². The summed E-state index contributed by atoms with van der Waals surface area (Å²) in [5, 5.41) is 20.4. The molecule has 0 aromatic heterocycles. The molecule has 19 heavy (non-hydrogen) atoms. The Labute approximate surface area is 111 Å². The molecular weight excluding hydrogens is 276 g/mol. The van der Waals surface area contributed by atoms with Crippen molar-refractivity contribution in [3.63, 3.8) is 0 Å². The normalized spacial score (nSPS) is 23.8. The molecule has 3 N–H and O–H groups in total. The Bertz CT molecular complexity index is 472. The minimum atomic E-state index is -3.47. The topological polar surface area (TPSA) is 124 Å². The van der Waals surface area contributed by atoms with Gasteiger partial charge in [-0.1, -0.05) is 0 Å². The predicted molar refractivity (Wildman–Crippen MR) is 65.8 cm³/mol. The van der Waals surface area contributed by atoms with Gasteiger partial charge in [0.2, 0.25) is 15.9 Å². The number of nitrogens with one attached hydrogen (secondary N) is 1. The number of hydrogen-bond donors (Lipinski definition) is 3. The SMILES string of the molecule is CC(O)(CNC(=O)C1CCCN1S(C)(=O)=O)C(=O)O. The van der Waals surface area contributed by atoms with E-state index in [1.807, 2.05) is 0 Å². The van der Waals surface area contributed by atoms with Gasteiger partial charge in [-0.05, 0) is 19.8 Å². The van der Waals surface area contributed by atoms with Crippen LogP contribution in [0.5, 0.6) is 0 Å². The summed E-state index contributed by atoms with van der Waals surface area (Å²) in [5.74, 6) is -2.05. The third-order valence-electron chi connectivity index (χ3n) is 3.00. The number of carboxylic acid groups (broad SMARTS) is 1. The van der Waals surface area contributed by atoms with Crippen LogP contribution in [0, 0.1) is 0 Å². The monoisotopic (exact) mass is 294 g/mol. The molecule has 0 aromatic rings. The van der Waals surface area contributed by atoms with Crippen molar-refractivity contribution in [3.05, 3.63) is 0 Å². The number of hydrogen-bond acceptors (Lipinski definition) is 5. The van der Waals surface area contributed by atoms with Crippen molar-refractivity contribution in [1.82, 2.24) is 9.62 Å². The number of rotatable bonds is 5. The highest BCUT2D eigenvalue weighted by molar-refractivity contribution is 7.88. The molecule has 1 aliphatic heterocycles. The van der Waals surface area contributed by atoms with Crippen LogP contribution in [0.4, 0.5) is 0 Å². The van der Waals surface area contributed by atoms with Gasteiger partial charge in [0.25, 0.3) is 0 Å². The van der Waals surface area contributed by atoms with Crippen molar-refractivity contribution >= 4 is 21.9 Å². The van der Waals surface area contributed by atoms with Crippen molar-refractivity contribution in [2.24, 2.45) is 0 Å². The first kappa shape index (κ1) is 15.9. The number of carboxylic acids is 1. The number of carbonyl (C=O) groups excluding carboxylic acids is 1. The molecule has 0 spiro atoms. The quantitative estimate of drug-likeness (QED) is 0.559. The molecule has 0 radical (unpaired) electrons. The van der Waals surface area contributed by atoms with Crippen molar-refractivity contribution in [1.29, 1.82) is 0 Å². The van der Waals surface area contributed by atoms with Crippen LogP contribution in [-0.2, 0) is 19.6 Å². The van der Waals surface area contributed by atoms with E-state index < -0.39 is 40.1 Å². The van der Waals surface area contributed by atoms with E-state index in [0.29, 0.717) is 12.8 Å². The molecule has 8 nitrogen and oxygen atoms in total. The van der Waals surface area contributed by atoms with Crippen LogP contribution in [0.2, 0.25) is 0 Å². The van der Waals surface area contributed by atoms with Gasteiger partial charge in [-0.2, -0.15) is 4.31 Å². The minimum Gasteiger partial charge on any atom is -0.479 e. The molecule has 1 heterocycles. The van der Waals surface area contributed by atoms with Crippen LogP contribution in [0.15, 0.2) is 0 Å². The Kier molecular flexibility index (Phi) is 4.54. The fourth-order valence-electron chi connectivity index (χ4n) is 1.85. The van der Waals surface area contributed by atoms with Gasteiger partial charge in [0, 0.05) is 6.54 Å². The summed E-state index contributed by atoms with van der Waals surface area (Å²) >= 11 is 0. The Morgan fingerprint density at radius 3 is 2.53 bits per heavy atom. The lowest BCUT2D eigenvalue weighted by atomic mass is 10.1. The van der Waals surface area contributed by atoms with Gasteiger partial charge in [0.05, 0.1) is 12.8 Å². The van der Waals surface area contributed by atoms with Crippen LogP contribution in [0.3, 0.4) is 0 Å². The van der Waals surface area contributed by atoms with E-state index in [1.54, 1.807) is 0 Å². The van der Waals surface area contributed by atoms with Gasteiger partial charge in [-0.3, -0.25) is 4.79 Å². The largest absolute Gasteiger partial charge is 0.479 e. The second-order valence-electron chi connectivity index (χ2n) is 4.83. The number of aliphatic carboxylic acids is 1. The first-order valence-electron chi connectivity index (χ1n) is 5.76. The smallest absolute Gasteiger partial charge is 0.337 e. The van der Waals surface area contributed by atoms with Gasteiger partial charge in [0.15, 0.2) is 5.60 Å². The van der Waals surface area contributed by atoms with Crippen molar-refractivity contribution in [3.8, 4) is 0 Å². The second-order valence-corrected chi connectivity index (χ2v) is 6.76. The second kappa shape index (κ2) is 5.43. The lowest BCUT2D eigenvalue weighted by Gasteiger charge is -2.23. The van der Waals surface area contributed by atoms with Crippen LogP contribution >= 0.6 is 0 Å². The van der Waals surface area contributed by atoms with Crippen molar-refractivity contribution in [2.75, 3.05) is 19.3 Å². The third-order valence-corrected chi connectivity index (χ3v) is 4.29. The number of nitrogens with zero attached hydrogens (tertiary/aromatic N) is 1. The van der Waals surface area contributed by atoms with E-state index in [-0.39, 0.29) is 6.54 Å². The maximum atomic E-state index is 11.9. The molecule has 1 fully saturated rings. The first-order valence-corrected chi connectivity index (χ1v) is 7.61. The summed E-state index contributed by atoms with van der Waals surface area (Å²) in [7, 11) is -3.47. The molecule has 0 saturated carbocycles. The number of amides is 1. The van der Waals surface area contributed by atoms with Crippen molar-refractivity contribution < 1.29 is 28.2 Å². The summed E-state index contributed by atoms with van der Waals surface area (Å²) in [4.78, 5) is 22.5. The maximum absolute atomic E-state index is 11.9. The third kappa shape index (κ3) is 3.88. The predicted octanol–water partition coefficient (Wildman–Crippen LogP) is -1.64. The maximum Gasteiger partial charge on any atom is 0.337 e. The molecule has 1 saturated heterocycles. The van der Waals surface area contributed by atoms with E-state index >= 15 is 0 Å². The molecule has 1 amide bonds. The fraction of sp³-hybridized carbons (Fsp3) is 0.800. The Hall–Kier alpha value is -1.19. The fourth-order valence-corrected chi connectivity index (χ4v) is 2.98. The Balaban J connectivity index is 2.66. The molecule has 110 valence electrons. The molecule has 0 aromatic carbocycles. The minimum absolute atomic E-state index is 0.270. The van der Waals surface area contributed by atoms with E-state index in [9.17, 15) is 23.1 Å². The van der Waals surface area contributed by atoms with Crippen LogP contribution < -0.4 is 5.32 Å². The average Bonchev–Trinajstić information content (AvgIpc) is 2.74. The van der Waals surface area contributed by atoms with Crippen LogP contribution in [0.25, 0.3) is 0 Å². The van der Waals surface area contributed by atoms with E-state index in [1.165, 1.54) is 0 Å². The molecule has 1 aliphatic rings. The Morgan fingerprint density at radius 2 is 2.05 bits per heavy atom. The number of carbonyl (C=O) groups is 2. The van der Waals surface area contributed by atoms with Gasteiger partial charge in [-0.25, -0.2) is 13.2 Å². The summed E-state index contributed by atoms with van der Waals surface area (Å²) in [6.07, 6.45) is 1.97. The Morgan fingerprint density at radius 1 is 1.47 bits per heavy atom. The molecule has 0 aliphatic carbocycles. The highest BCUT2D eigenvalue weighted by Gasteiger charge is 2.38. The lowest BCUT2D eigenvalue weighted by molar-refractivity contribution is -0.156. The van der Waals surface area contributed by atoms with E-state index in [4.69, 9.17) is 5.11 Å². The van der Waals surface area contributed by atoms with Gasteiger partial charge in [0.1, 0.15) is 6.04 Å². The molecule has 2 atom stereocenters. The first-order chi connectivity index (χ1) is 8.55. The lowest BCUT2D eigenvalue weighted by Crippen LogP contribution is -2.51. The summed E-state index contributed by atoms with van der Waals surface area (Å²) < 4.78 is 24.0. The van der Waals surface area contributed by atoms with Crippen LogP contribution in [-0.4, -0.2) is 65.8 Å². The zero-order chi connectivity index (χ0) is 14.8. The average molecular weight is 294 g/mol. The van der Waals surface area contributed by atoms with Gasteiger partial charge in [-0.15, -0.1) is 0 Å². The zero-order valence-corrected chi connectivity index (χ0v) is 11.6. The molecule has 1 rings (SSSR count). The number of sulfonamides is 1. The van der Waals surface area contributed by atoms with Crippen LogP contribution in [0.1, 0.15) is 19.8 Å². The summed E-state index contributed by atoms with van der Waals surface area (Å²) in [5.41, 5.74) is -2.08. The summed E-state index contributed by atoms with van der Waals surface area (Å²) in [6, 6.07) is -0.834. The molecule has 0 bridgehead atoms. The highest BCUT2D eigenvalue weighted by atomic mass is 32.2. The van der Waals surface area contributed by atoms with E-state index in [0.717, 1.165) is 17.5 Å². The van der Waals surface area contributed by atoms with Gasteiger partial charge >= 0.3 is 5.97 Å². The van der Waals surface area contributed by atoms with Crippen molar-refractivity contribution in [2.45, 2.75) is 31.4 Å². The summed E-state index contributed by atoms with van der Waals surface area (Å²) in [6.45, 7) is 0.847. The zero-order valence-electron chi connectivity index (χ0n) is 10.8. The highest BCUT2D eigenvalue weighted by Crippen LogP contribution is 2.20. The molecule has 9 heteroatoms. The molecule has 2 unspecified atom stereocenters.